The van der Waals surface area contributed by atoms with E-state index in [4.69, 9.17) is 10.8 Å². The second-order valence-corrected chi connectivity index (χ2v) is 3.63. The monoisotopic (exact) mass is 208 g/mol. The number of aryl methyl sites for hydroxylation is 1. The highest BCUT2D eigenvalue weighted by atomic mass is 16.3. The van der Waals surface area contributed by atoms with Crippen LogP contribution in [0.4, 0.5) is 5.69 Å². The van der Waals surface area contributed by atoms with E-state index in [1.54, 1.807) is 25.1 Å². The van der Waals surface area contributed by atoms with E-state index in [2.05, 4.69) is 5.32 Å². The van der Waals surface area contributed by atoms with Crippen LogP contribution in [0.2, 0.25) is 0 Å². The van der Waals surface area contributed by atoms with E-state index < -0.39 is 0 Å². The summed E-state index contributed by atoms with van der Waals surface area (Å²) in [6.07, 6.45) is 0. The van der Waals surface area contributed by atoms with Crippen molar-refractivity contribution in [2.24, 2.45) is 0 Å². The molecule has 0 spiro atoms. The first-order chi connectivity index (χ1) is 7.04. The van der Waals surface area contributed by atoms with Crippen molar-refractivity contribution in [1.82, 2.24) is 5.32 Å². The van der Waals surface area contributed by atoms with Crippen molar-refractivity contribution in [3.05, 3.63) is 29.3 Å². The summed E-state index contributed by atoms with van der Waals surface area (Å²) in [6, 6.07) is 4.88. The number of nitrogens with one attached hydrogen (secondary N) is 1. The Balaban J connectivity index is 2.82. The van der Waals surface area contributed by atoms with Crippen LogP contribution >= 0.6 is 0 Å². The average molecular weight is 208 g/mol. The van der Waals surface area contributed by atoms with Crippen LogP contribution in [0.15, 0.2) is 18.2 Å². The molecule has 0 saturated heterocycles. The van der Waals surface area contributed by atoms with E-state index in [0.717, 1.165) is 5.56 Å². The molecule has 15 heavy (non-hydrogen) atoms. The van der Waals surface area contributed by atoms with Gasteiger partial charge in [-0.3, -0.25) is 4.79 Å². The van der Waals surface area contributed by atoms with Gasteiger partial charge < -0.3 is 16.2 Å². The molecule has 4 heteroatoms. The molecule has 0 saturated carbocycles. The number of aliphatic hydroxyl groups is 1. The number of aliphatic hydroxyl groups excluding tert-OH is 1. The molecule has 1 amide bonds. The Morgan fingerprint density at radius 2 is 2.27 bits per heavy atom. The predicted octanol–water partition coefficient (Wildman–Crippen LogP) is 0.688. The third-order valence-corrected chi connectivity index (χ3v) is 2.15. The van der Waals surface area contributed by atoms with Crippen molar-refractivity contribution in [3.8, 4) is 0 Å². The van der Waals surface area contributed by atoms with Gasteiger partial charge in [0.25, 0.3) is 5.91 Å². The molecule has 0 aliphatic rings. The van der Waals surface area contributed by atoms with E-state index in [9.17, 15) is 4.79 Å². The molecule has 4 nitrogen and oxygen atoms in total. The van der Waals surface area contributed by atoms with Crippen molar-refractivity contribution < 1.29 is 9.90 Å². The Bertz CT molecular complexity index is 364. The predicted molar refractivity (Wildman–Crippen MR) is 59.6 cm³/mol. The minimum atomic E-state index is -0.241. The highest BCUT2D eigenvalue weighted by molar-refractivity contribution is 5.96. The number of nitrogen functional groups attached to an aromatic ring is 1. The zero-order chi connectivity index (χ0) is 11.4. The van der Waals surface area contributed by atoms with E-state index in [1.165, 1.54) is 0 Å². The summed E-state index contributed by atoms with van der Waals surface area (Å²) in [6.45, 7) is 3.50. The molecule has 4 N–H and O–H groups in total. The number of amides is 1. The lowest BCUT2D eigenvalue weighted by molar-refractivity contribution is 0.0921. The molecule has 0 unspecified atom stereocenters. The van der Waals surface area contributed by atoms with Gasteiger partial charge in [-0.15, -0.1) is 0 Å². The maximum absolute atomic E-state index is 11.7. The van der Waals surface area contributed by atoms with Gasteiger partial charge in [-0.2, -0.15) is 0 Å². The molecule has 1 aromatic carbocycles. The van der Waals surface area contributed by atoms with Crippen LogP contribution in [0.1, 0.15) is 22.8 Å². The van der Waals surface area contributed by atoms with E-state index in [-0.39, 0.29) is 18.6 Å². The molecule has 1 atom stereocenters. The summed E-state index contributed by atoms with van der Waals surface area (Å²) in [5.74, 6) is -0.186. The summed E-state index contributed by atoms with van der Waals surface area (Å²) >= 11 is 0. The quantitative estimate of drug-likeness (QED) is 0.640. The number of carbonyl (C=O) groups excluding carboxylic acids is 1. The van der Waals surface area contributed by atoms with Crippen LogP contribution in [0.25, 0.3) is 0 Å². The summed E-state index contributed by atoms with van der Waals surface area (Å²) < 4.78 is 0. The lowest BCUT2D eigenvalue weighted by Gasteiger charge is -2.12. The summed E-state index contributed by atoms with van der Waals surface area (Å²) in [4.78, 5) is 11.7. The summed E-state index contributed by atoms with van der Waals surface area (Å²) in [5, 5.41) is 11.5. The standard InChI is InChI=1S/C11H16N2O2/c1-7-5-9(12)3-4-10(7)11(15)13-8(2)6-14/h3-5,8,14H,6,12H2,1-2H3,(H,13,15)/t8-/m0/s1. The van der Waals surface area contributed by atoms with Crippen molar-refractivity contribution >= 4 is 11.6 Å². The number of carbonyl (C=O) groups is 1. The fourth-order valence-electron chi connectivity index (χ4n) is 1.29. The number of anilines is 1. The van der Waals surface area contributed by atoms with Crippen LogP contribution in [-0.2, 0) is 0 Å². The first-order valence-corrected chi connectivity index (χ1v) is 4.82. The number of rotatable bonds is 3. The number of nitrogens with two attached hydrogens (primary N) is 1. The molecule has 0 fully saturated rings. The first-order valence-electron chi connectivity index (χ1n) is 4.82. The third-order valence-electron chi connectivity index (χ3n) is 2.15. The second kappa shape index (κ2) is 4.79. The Labute approximate surface area is 89.1 Å². The zero-order valence-corrected chi connectivity index (χ0v) is 8.95. The molecule has 0 aromatic heterocycles. The first kappa shape index (κ1) is 11.5. The third kappa shape index (κ3) is 2.95. The topological polar surface area (TPSA) is 75.4 Å². The molecular weight excluding hydrogens is 192 g/mol. The van der Waals surface area contributed by atoms with Crippen LogP contribution in [0.5, 0.6) is 0 Å². The number of hydrogen-bond donors (Lipinski definition) is 3. The van der Waals surface area contributed by atoms with Gasteiger partial charge in [-0.1, -0.05) is 0 Å². The minimum Gasteiger partial charge on any atom is -0.399 e. The molecule has 0 aliphatic carbocycles. The smallest absolute Gasteiger partial charge is 0.251 e. The number of benzene rings is 1. The van der Waals surface area contributed by atoms with Gasteiger partial charge in [0.2, 0.25) is 0 Å². The van der Waals surface area contributed by atoms with E-state index in [0.29, 0.717) is 11.3 Å². The molecule has 82 valence electrons. The van der Waals surface area contributed by atoms with Crippen LogP contribution in [0, 0.1) is 6.92 Å². The maximum atomic E-state index is 11.7. The van der Waals surface area contributed by atoms with E-state index in [1.807, 2.05) is 6.92 Å². The largest absolute Gasteiger partial charge is 0.399 e. The summed E-state index contributed by atoms with van der Waals surface area (Å²) in [5.41, 5.74) is 7.64. The SMILES string of the molecule is Cc1cc(N)ccc1C(=O)N[C@@H](C)CO. The molecule has 1 rings (SSSR count). The van der Waals surface area contributed by atoms with Crippen molar-refractivity contribution in [2.75, 3.05) is 12.3 Å². The van der Waals surface area contributed by atoms with Crippen LogP contribution < -0.4 is 11.1 Å². The molecule has 0 bridgehead atoms. The van der Waals surface area contributed by atoms with Gasteiger partial charge in [0.1, 0.15) is 0 Å². The van der Waals surface area contributed by atoms with Gasteiger partial charge in [0.15, 0.2) is 0 Å². The highest BCUT2D eigenvalue weighted by Crippen LogP contribution is 2.12. The van der Waals surface area contributed by atoms with Gasteiger partial charge >= 0.3 is 0 Å². The lowest BCUT2D eigenvalue weighted by atomic mass is 10.1. The second-order valence-electron chi connectivity index (χ2n) is 3.63. The summed E-state index contributed by atoms with van der Waals surface area (Å²) in [7, 11) is 0. The lowest BCUT2D eigenvalue weighted by Crippen LogP contribution is -2.35. The fourth-order valence-corrected chi connectivity index (χ4v) is 1.29. The highest BCUT2D eigenvalue weighted by Gasteiger charge is 2.11. The van der Waals surface area contributed by atoms with Crippen LogP contribution in [-0.4, -0.2) is 23.7 Å². The van der Waals surface area contributed by atoms with Gasteiger partial charge in [0, 0.05) is 17.3 Å². The normalized spacial score (nSPS) is 12.2. The molecule has 0 radical (unpaired) electrons. The zero-order valence-electron chi connectivity index (χ0n) is 8.95. The number of hydrogen-bond acceptors (Lipinski definition) is 3. The van der Waals surface area contributed by atoms with Crippen LogP contribution in [0.3, 0.4) is 0 Å². The Morgan fingerprint density at radius 3 is 2.80 bits per heavy atom. The van der Waals surface area contributed by atoms with Crippen molar-refractivity contribution in [3.63, 3.8) is 0 Å². The molecule has 0 heterocycles. The molecule has 1 aromatic rings. The van der Waals surface area contributed by atoms with Crippen molar-refractivity contribution in [2.45, 2.75) is 19.9 Å². The van der Waals surface area contributed by atoms with Gasteiger partial charge in [-0.25, -0.2) is 0 Å². The Morgan fingerprint density at radius 1 is 1.60 bits per heavy atom. The minimum absolute atomic E-state index is 0.0697. The Hall–Kier alpha value is -1.55. The molecule has 0 aliphatic heterocycles. The fraction of sp³-hybridized carbons (Fsp3) is 0.364. The maximum Gasteiger partial charge on any atom is 0.251 e. The average Bonchev–Trinajstić information content (AvgIpc) is 2.17. The Kier molecular flexibility index (Phi) is 3.68. The molecular formula is C11H16N2O2. The van der Waals surface area contributed by atoms with Gasteiger partial charge in [0.05, 0.1) is 6.61 Å². The van der Waals surface area contributed by atoms with Crippen molar-refractivity contribution in [1.29, 1.82) is 0 Å². The van der Waals surface area contributed by atoms with Gasteiger partial charge in [-0.05, 0) is 37.6 Å². The van der Waals surface area contributed by atoms with E-state index >= 15 is 0 Å².